The van der Waals surface area contributed by atoms with E-state index in [0.717, 1.165) is 25.9 Å². The SMILES string of the molecule is CC(C)CC(=O)N1CCCC(C(N)=S)C1. The Balaban J connectivity index is 2.48. The summed E-state index contributed by atoms with van der Waals surface area (Å²) in [4.78, 5) is 14.3. The standard InChI is InChI=1S/C11H20N2OS/c1-8(2)6-10(14)13-5-3-4-9(7-13)11(12)15/h8-9H,3-7H2,1-2H3,(H2,12,15). The topological polar surface area (TPSA) is 46.3 Å². The number of piperidine rings is 1. The first-order valence-electron chi connectivity index (χ1n) is 5.57. The first-order valence-corrected chi connectivity index (χ1v) is 5.98. The largest absolute Gasteiger partial charge is 0.393 e. The van der Waals surface area contributed by atoms with Gasteiger partial charge in [-0.15, -0.1) is 0 Å². The maximum Gasteiger partial charge on any atom is 0.222 e. The van der Waals surface area contributed by atoms with Crippen LogP contribution < -0.4 is 5.73 Å². The number of nitrogens with two attached hydrogens (primary N) is 1. The summed E-state index contributed by atoms with van der Waals surface area (Å²) in [5, 5.41) is 0. The number of rotatable bonds is 3. The van der Waals surface area contributed by atoms with E-state index in [1.807, 2.05) is 4.90 Å². The monoisotopic (exact) mass is 228 g/mol. The summed E-state index contributed by atoms with van der Waals surface area (Å²) in [5.41, 5.74) is 5.62. The molecule has 0 bridgehead atoms. The van der Waals surface area contributed by atoms with Gasteiger partial charge in [0, 0.05) is 25.4 Å². The molecule has 0 aromatic rings. The van der Waals surface area contributed by atoms with Crippen molar-refractivity contribution < 1.29 is 4.79 Å². The molecule has 86 valence electrons. The lowest BCUT2D eigenvalue weighted by molar-refractivity contribution is -0.133. The van der Waals surface area contributed by atoms with Crippen LogP contribution in [0.3, 0.4) is 0 Å². The highest BCUT2D eigenvalue weighted by molar-refractivity contribution is 7.80. The van der Waals surface area contributed by atoms with Crippen molar-refractivity contribution in [1.82, 2.24) is 4.90 Å². The number of carbonyl (C=O) groups is 1. The first kappa shape index (κ1) is 12.4. The molecule has 1 heterocycles. The highest BCUT2D eigenvalue weighted by atomic mass is 32.1. The summed E-state index contributed by atoms with van der Waals surface area (Å²) in [6.45, 7) is 5.71. The van der Waals surface area contributed by atoms with Crippen molar-refractivity contribution >= 4 is 23.1 Å². The number of hydrogen-bond donors (Lipinski definition) is 1. The molecule has 0 spiro atoms. The third kappa shape index (κ3) is 3.78. The lowest BCUT2D eigenvalue weighted by Gasteiger charge is -2.32. The maximum atomic E-state index is 11.8. The summed E-state index contributed by atoms with van der Waals surface area (Å²) >= 11 is 4.98. The number of carbonyl (C=O) groups excluding carboxylic acids is 1. The van der Waals surface area contributed by atoms with E-state index in [2.05, 4.69) is 13.8 Å². The number of hydrogen-bond acceptors (Lipinski definition) is 2. The van der Waals surface area contributed by atoms with Gasteiger partial charge in [-0.25, -0.2) is 0 Å². The number of thiocarbonyl (C=S) groups is 1. The van der Waals surface area contributed by atoms with Crippen molar-refractivity contribution in [3.63, 3.8) is 0 Å². The van der Waals surface area contributed by atoms with Gasteiger partial charge in [0.05, 0.1) is 4.99 Å². The van der Waals surface area contributed by atoms with Gasteiger partial charge in [0.15, 0.2) is 0 Å². The van der Waals surface area contributed by atoms with E-state index in [4.69, 9.17) is 18.0 Å². The van der Waals surface area contributed by atoms with Crippen LogP contribution in [0.4, 0.5) is 0 Å². The minimum atomic E-state index is 0.227. The van der Waals surface area contributed by atoms with Crippen molar-refractivity contribution in [3.8, 4) is 0 Å². The van der Waals surface area contributed by atoms with Gasteiger partial charge in [-0.05, 0) is 18.8 Å². The fourth-order valence-corrected chi connectivity index (χ4v) is 2.11. The summed E-state index contributed by atoms with van der Waals surface area (Å²) in [6.07, 6.45) is 2.68. The molecule has 1 amide bonds. The molecule has 2 N–H and O–H groups in total. The maximum absolute atomic E-state index is 11.8. The zero-order chi connectivity index (χ0) is 11.4. The lowest BCUT2D eigenvalue weighted by atomic mass is 9.97. The molecular formula is C11H20N2OS. The van der Waals surface area contributed by atoms with Crippen LogP contribution in [0, 0.1) is 11.8 Å². The predicted molar refractivity (Wildman–Crippen MR) is 65.5 cm³/mol. The highest BCUT2D eigenvalue weighted by Gasteiger charge is 2.25. The molecule has 1 aliphatic heterocycles. The second kappa shape index (κ2) is 5.45. The van der Waals surface area contributed by atoms with Crippen molar-refractivity contribution in [2.75, 3.05) is 13.1 Å². The van der Waals surface area contributed by atoms with E-state index in [1.54, 1.807) is 0 Å². The van der Waals surface area contributed by atoms with E-state index in [1.165, 1.54) is 0 Å². The molecule has 1 saturated heterocycles. The van der Waals surface area contributed by atoms with E-state index < -0.39 is 0 Å². The Labute approximate surface area is 97.0 Å². The minimum Gasteiger partial charge on any atom is -0.393 e. The zero-order valence-corrected chi connectivity index (χ0v) is 10.3. The molecule has 1 rings (SSSR count). The summed E-state index contributed by atoms with van der Waals surface area (Å²) in [6, 6.07) is 0. The van der Waals surface area contributed by atoms with Gasteiger partial charge < -0.3 is 10.6 Å². The van der Waals surface area contributed by atoms with E-state index >= 15 is 0 Å². The van der Waals surface area contributed by atoms with Crippen molar-refractivity contribution in [3.05, 3.63) is 0 Å². The quantitative estimate of drug-likeness (QED) is 0.746. The van der Waals surface area contributed by atoms with Gasteiger partial charge in [0.2, 0.25) is 5.91 Å². The van der Waals surface area contributed by atoms with Gasteiger partial charge in [0.1, 0.15) is 0 Å². The van der Waals surface area contributed by atoms with Crippen LogP contribution in [-0.2, 0) is 4.79 Å². The lowest BCUT2D eigenvalue weighted by Crippen LogP contribution is -2.43. The molecule has 1 fully saturated rings. The Morgan fingerprint density at radius 3 is 2.80 bits per heavy atom. The van der Waals surface area contributed by atoms with Crippen LogP contribution >= 0.6 is 12.2 Å². The van der Waals surface area contributed by atoms with Gasteiger partial charge in [0.25, 0.3) is 0 Å². The second-order valence-corrected chi connectivity index (χ2v) is 5.15. The normalized spacial score (nSPS) is 21.8. The van der Waals surface area contributed by atoms with Crippen molar-refractivity contribution in [2.45, 2.75) is 33.1 Å². The molecular weight excluding hydrogens is 208 g/mol. The molecule has 0 aliphatic carbocycles. The predicted octanol–water partition coefficient (Wildman–Crippen LogP) is 1.56. The Hall–Kier alpha value is -0.640. The zero-order valence-electron chi connectivity index (χ0n) is 9.53. The minimum absolute atomic E-state index is 0.227. The molecule has 0 aromatic heterocycles. The van der Waals surface area contributed by atoms with Crippen molar-refractivity contribution in [2.24, 2.45) is 17.6 Å². The number of amides is 1. The van der Waals surface area contributed by atoms with Crippen LogP contribution in [0.25, 0.3) is 0 Å². The summed E-state index contributed by atoms with van der Waals surface area (Å²) < 4.78 is 0. The number of likely N-dealkylation sites (tertiary alicyclic amines) is 1. The van der Waals surface area contributed by atoms with Gasteiger partial charge in [-0.2, -0.15) is 0 Å². The summed E-state index contributed by atoms with van der Waals surface area (Å²) in [5.74, 6) is 0.888. The Morgan fingerprint density at radius 2 is 2.27 bits per heavy atom. The van der Waals surface area contributed by atoms with Crippen molar-refractivity contribution in [1.29, 1.82) is 0 Å². The molecule has 4 heteroatoms. The summed E-state index contributed by atoms with van der Waals surface area (Å²) in [7, 11) is 0. The number of nitrogens with zero attached hydrogens (tertiary/aromatic N) is 1. The van der Waals surface area contributed by atoms with Crippen LogP contribution in [0.1, 0.15) is 33.1 Å². The molecule has 1 aliphatic rings. The highest BCUT2D eigenvalue weighted by Crippen LogP contribution is 2.18. The van der Waals surface area contributed by atoms with E-state index in [0.29, 0.717) is 17.3 Å². The van der Waals surface area contributed by atoms with E-state index in [9.17, 15) is 4.79 Å². The first-order chi connectivity index (χ1) is 7.00. The third-order valence-corrected chi connectivity index (χ3v) is 3.09. The fraction of sp³-hybridized carbons (Fsp3) is 0.818. The third-order valence-electron chi connectivity index (χ3n) is 2.76. The van der Waals surface area contributed by atoms with Crippen LogP contribution in [-0.4, -0.2) is 28.9 Å². The van der Waals surface area contributed by atoms with Gasteiger partial charge in [-0.3, -0.25) is 4.79 Å². The second-order valence-electron chi connectivity index (χ2n) is 4.68. The van der Waals surface area contributed by atoms with Crippen LogP contribution in [0.15, 0.2) is 0 Å². The Bertz CT molecular complexity index is 253. The molecule has 0 aromatic carbocycles. The van der Waals surface area contributed by atoms with Gasteiger partial charge >= 0.3 is 0 Å². The fourth-order valence-electron chi connectivity index (χ4n) is 1.91. The van der Waals surface area contributed by atoms with Gasteiger partial charge in [-0.1, -0.05) is 26.1 Å². The Kier molecular flexibility index (Phi) is 4.51. The molecule has 1 atom stereocenters. The molecule has 3 nitrogen and oxygen atoms in total. The van der Waals surface area contributed by atoms with Crippen LogP contribution in [0.2, 0.25) is 0 Å². The smallest absolute Gasteiger partial charge is 0.222 e. The van der Waals surface area contributed by atoms with E-state index in [-0.39, 0.29) is 11.8 Å². The van der Waals surface area contributed by atoms with Crippen LogP contribution in [0.5, 0.6) is 0 Å². The Morgan fingerprint density at radius 1 is 1.60 bits per heavy atom. The molecule has 0 radical (unpaired) electrons. The average Bonchev–Trinajstić information content (AvgIpc) is 2.17. The molecule has 0 saturated carbocycles. The molecule has 15 heavy (non-hydrogen) atoms. The molecule has 1 unspecified atom stereocenters. The average molecular weight is 228 g/mol.